The number of benzene rings is 4. The molecule has 5 nitrogen and oxygen atoms in total. The quantitative estimate of drug-likeness (QED) is 0.134. The summed E-state index contributed by atoms with van der Waals surface area (Å²) in [5.74, 6) is 2.96. The molecule has 0 N–H and O–H groups in total. The lowest BCUT2D eigenvalue weighted by molar-refractivity contribution is 0.354. The molecule has 3 heterocycles. The summed E-state index contributed by atoms with van der Waals surface area (Å²) in [6, 6.07) is 36.7. The zero-order valence-corrected chi connectivity index (χ0v) is 33.7. The van der Waals surface area contributed by atoms with Gasteiger partial charge < -0.3 is 4.74 Å². The Kier molecular flexibility index (Phi) is 10.3. The first kappa shape index (κ1) is 37.2. The van der Waals surface area contributed by atoms with Crippen molar-refractivity contribution >= 4 is 21.8 Å². The lowest BCUT2D eigenvalue weighted by atomic mass is 9.86. The topological polar surface area (TPSA) is 44.9 Å². The van der Waals surface area contributed by atoms with Gasteiger partial charge >= 0.3 is 0 Å². The van der Waals surface area contributed by atoms with Crippen molar-refractivity contribution in [2.24, 2.45) is 10.8 Å². The molecular formula is C49H56N4O. The maximum absolute atomic E-state index is 6.66. The van der Waals surface area contributed by atoms with E-state index in [1.165, 1.54) is 52.3 Å². The molecule has 54 heavy (non-hydrogen) atoms. The van der Waals surface area contributed by atoms with Gasteiger partial charge in [0.2, 0.25) is 0 Å². The second-order valence-corrected chi connectivity index (χ2v) is 17.7. The zero-order chi connectivity index (χ0) is 38.2. The van der Waals surface area contributed by atoms with E-state index in [1.807, 2.05) is 29.1 Å². The van der Waals surface area contributed by atoms with Crippen LogP contribution in [0.15, 0.2) is 109 Å². The van der Waals surface area contributed by atoms with E-state index in [2.05, 4.69) is 152 Å². The predicted octanol–water partition coefficient (Wildman–Crippen LogP) is 13.7. The van der Waals surface area contributed by atoms with Crippen molar-refractivity contribution in [3.8, 4) is 34.1 Å². The van der Waals surface area contributed by atoms with Crippen LogP contribution in [0.3, 0.4) is 0 Å². The number of aryl methyl sites for hydroxylation is 2. The van der Waals surface area contributed by atoms with Crippen molar-refractivity contribution in [3.63, 3.8) is 0 Å². The molecule has 1 atom stereocenters. The molecule has 3 aromatic heterocycles. The van der Waals surface area contributed by atoms with E-state index in [1.54, 1.807) is 0 Å². The maximum atomic E-state index is 6.66. The van der Waals surface area contributed by atoms with Crippen LogP contribution < -0.4 is 4.74 Å². The van der Waals surface area contributed by atoms with Gasteiger partial charge in [0.15, 0.2) is 0 Å². The first-order chi connectivity index (χ1) is 25.7. The Balaban J connectivity index is 1.26. The Morgan fingerprint density at radius 1 is 0.704 bits per heavy atom. The number of nitrogens with zero attached hydrogens (tertiary/aromatic N) is 4. The van der Waals surface area contributed by atoms with Gasteiger partial charge in [-0.3, -0.25) is 4.57 Å². The van der Waals surface area contributed by atoms with Crippen molar-refractivity contribution < 1.29 is 4.74 Å². The molecule has 0 saturated carbocycles. The zero-order valence-electron chi connectivity index (χ0n) is 33.7. The smallest absolute Gasteiger partial charge is 0.137 e. The summed E-state index contributed by atoms with van der Waals surface area (Å²) >= 11 is 0. The van der Waals surface area contributed by atoms with Crippen LogP contribution in [0.2, 0.25) is 0 Å². The van der Waals surface area contributed by atoms with Crippen LogP contribution in [-0.2, 0) is 6.42 Å². The van der Waals surface area contributed by atoms with Crippen molar-refractivity contribution in [3.05, 3.63) is 132 Å². The molecule has 0 amide bonds. The van der Waals surface area contributed by atoms with Gasteiger partial charge in [-0.05, 0) is 121 Å². The van der Waals surface area contributed by atoms with Gasteiger partial charge in [-0.15, -0.1) is 0 Å². The Morgan fingerprint density at radius 3 is 2.22 bits per heavy atom. The Bertz CT molecular complexity index is 2400. The fourth-order valence-corrected chi connectivity index (χ4v) is 7.73. The van der Waals surface area contributed by atoms with Crippen LogP contribution in [0.5, 0.6) is 11.5 Å². The van der Waals surface area contributed by atoms with E-state index in [0.29, 0.717) is 11.3 Å². The molecule has 0 aliphatic heterocycles. The van der Waals surface area contributed by atoms with E-state index in [9.17, 15) is 0 Å². The molecule has 0 aliphatic carbocycles. The van der Waals surface area contributed by atoms with E-state index in [0.717, 1.165) is 58.3 Å². The highest BCUT2D eigenvalue weighted by atomic mass is 16.5. The molecule has 0 radical (unpaired) electrons. The molecule has 0 aliphatic rings. The number of pyridine rings is 1. The van der Waals surface area contributed by atoms with E-state index in [4.69, 9.17) is 14.8 Å². The number of aromatic nitrogens is 4. The second kappa shape index (κ2) is 14.9. The number of fused-ring (bicyclic) bond motifs is 3. The van der Waals surface area contributed by atoms with E-state index in [-0.39, 0.29) is 5.41 Å². The minimum absolute atomic E-state index is 0.263. The highest BCUT2D eigenvalue weighted by Gasteiger charge is 2.19. The van der Waals surface area contributed by atoms with Crippen LogP contribution in [0, 0.1) is 24.7 Å². The van der Waals surface area contributed by atoms with E-state index >= 15 is 0 Å². The molecule has 7 rings (SSSR count). The molecule has 7 aromatic rings. The third kappa shape index (κ3) is 8.16. The van der Waals surface area contributed by atoms with Crippen LogP contribution in [-0.4, -0.2) is 19.3 Å². The van der Waals surface area contributed by atoms with Crippen molar-refractivity contribution in [2.75, 3.05) is 0 Å². The third-order valence-corrected chi connectivity index (χ3v) is 10.7. The highest BCUT2D eigenvalue weighted by Crippen LogP contribution is 2.38. The molecule has 0 spiro atoms. The van der Waals surface area contributed by atoms with Gasteiger partial charge in [-0.1, -0.05) is 97.4 Å². The Morgan fingerprint density at radius 2 is 1.46 bits per heavy atom. The summed E-state index contributed by atoms with van der Waals surface area (Å²) in [6.45, 7) is 20.5. The minimum Gasteiger partial charge on any atom is -0.457 e. The summed E-state index contributed by atoms with van der Waals surface area (Å²) < 4.78 is 11.0. The predicted molar refractivity (Wildman–Crippen MR) is 227 cm³/mol. The van der Waals surface area contributed by atoms with Crippen molar-refractivity contribution in [2.45, 2.75) is 100 Å². The second-order valence-electron chi connectivity index (χ2n) is 17.7. The molecule has 0 bridgehead atoms. The summed E-state index contributed by atoms with van der Waals surface area (Å²) in [6.07, 6.45) is 7.73. The largest absolute Gasteiger partial charge is 0.457 e. The van der Waals surface area contributed by atoms with Crippen LogP contribution in [0.25, 0.3) is 44.4 Å². The average molecular weight is 717 g/mol. The van der Waals surface area contributed by atoms with Crippen molar-refractivity contribution in [1.82, 2.24) is 19.3 Å². The number of ether oxygens (including phenoxy) is 1. The Hall–Kier alpha value is -5.16. The van der Waals surface area contributed by atoms with Gasteiger partial charge in [0, 0.05) is 40.4 Å². The van der Waals surface area contributed by atoms with Crippen LogP contribution in [0.1, 0.15) is 103 Å². The summed E-state index contributed by atoms with van der Waals surface area (Å²) in [4.78, 5) is 4.96. The van der Waals surface area contributed by atoms with Gasteiger partial charge in [0.1, 0.15) is 17.3 Å². The lowest BCUT2D eigenvalue weighted by Gasteiger charge is -2.19. The van der Waals surface area contributed by atoms with Gasteiger partial charge in [0.05, 0.1) is 22.4 Å². The molecule has 278 valence electrons. The molecule has 0 saturated heterocycles. The SMILES string of the molecule is Cc1nn(-c2cccc(Oc3ccc4c5cc(C(C)CCCC(C)(C)C)ccc5n(-c5cc(CCC(C)(C)C)ccn5)c4c3)c2)c(C)c1-c1ccccc1. The van der Waals surface area contributed by atoms with Gasteiger partial charge in [0.25, 0.3) is 0 Å². The number of rotatable bonds is 11. The fraction of sp³-hybridized carbons (Fsp3) is 0.347. The minimum atomic E-state index is 0.263. The molecule has 5 heteroatoms. The summed E-state index contributed by atoms with van der Waals surface area (Å²) in [5, 5.41) is 7.40. The summed E-state index contributed by atoms with van der Waals surface area (Å²) in [7, 11) is 0. The van der Waals surface area contributed by atoms with Crippen molar-refractivity contribution in [1.29, 1.82) is 0 Å². The summed E-state index contributed by atoms with van der Waals surface area (Å²) in [5.41, 5.74) is 11.0. The third-order valence-electron chi connectivity index (χ3n) is 10.7. The Labute approximate surface area is 322 Å². The number of hydrogen-bond donors (Lipinski definition) is 0. The van der Waals surface area contributed by atoms with Gasteiger partial charge in [-0.2, -0.15) is 5.10 Å². The molecule has 1 unspecified atom stereocenters. The fourth-order valence-electron chi connectivity index (χ4n) is 7.73. The maximum Gasteiger partial charge on any atom is 0.137 e. The highest BCUT2D eigenvalue weighted by molar-refractivity contribution is 6.09. The van der Waals surface area contributed by atoms with E-state index < -0.39 is 0 Å². The standard InChI is InChI=1S/C49H56N4O/c1-33(15-14-26-48(4,5)6)38-20-23-44-43(30-38)42-22-21-41(32-45(42)52(44)46-29-36(25-28-50-46)24-27-49(7,8)9)54-40-19-13-18-39(31-40)53-35(3)47(34(2)51-53)37-16-11-10-12-17-37/h10-13,16-23,25,28-33H,14-15,24,26-27H2,1-9H3. The first-order valence-corrected chi connectivity index (χ1v) is 19.7. The molecule has 0 fully saturated rings. The first-order valence-electron chi connectivity index (χ1n) is 19.7. The molecular weight excluding hydrogens is 661 g/mol. The normalized spacial score (nSPS) is 12.8. The monoisotopic (exact) mass is 716 g/mol. The lowest BCUT2D eigenvalue weighted by Crippen LogP contribution is -2.07. The molecule has 4 aromatic carbocycles. The van der Waals surface area contributed by atoms with Crippen LogP contribution in [0.4, 0.5) is 0 Å². The average Bonchev–Trinajstić information content (AvgIpc) is 3.62. The number of hydrogen-bond acceptors (Lipinski definition) is 3. The van der Waals surface area contributed by atoms with Gasteiger partial charge in [-0.25, -0.2) is 9.67 Å². The van der Waals surface area contributed by atoms with Crippen LogP contribution >= 0.6 is 0 Å².